The number of carbonyl (C=O) groups is 1. The lowest BCUT2D eigenvalue weighted by Crippen LogP contribution is -2.31. The van der Waals surface area contributed by atoms with Crippen LogP contribution in [0.1, 0.15) is 72.3 Å². The summed E-state index contributed by atoms with van der Waals surface area (Å²) in [5, 5.41) is 3.38. The summed E-state index contributed by atoms with van der Waals surface area (Å²) in [5.74, 6) is 2.20. The Labute approximate surface area is 203 Å². The average Bonchev–Trinajstić information content (AvgIpc) is 3.32. The van der Waals surface area contributed by atoms with Crippen LogP contribution in [0.4, 0.5) is 0 Å². The van der Waals surface area contributed by atoms with Crippen molar-refractivity contribution in [2.75, 3.05) is 6.61 Å². The topological polar surface area (TPSA) is 47.6 Å². The zero-order chi connectivity index (χ0) is 23.9. The molecule has 4 rings (SSSR count). The quantitative estimate of drug-likeness (QED) is 0.370. The minimum absolute atomic E-state index is 0.0211. The first-order chi connectivity index (χ1) is 16.5. The third kappa shape index (κ3) is 5.80. The van der Waals surface area contributed by atoms with Crippen LogP contribution in [0, 0.1) is 5.92 Å². The molecule has 0 saturated carbocycles. The number of rotatable bonds is 10. The fourth-order valence-corrected chi connectivity index (χ4v) is 4.64. The molecule has 1 N–H and O–H groups in total. The van der Waals surface area contributed by atoms with E-state index in [0.717, 1.165) is 53.9 Å². The Kier molecular flexibility index (Phi) is 7.89. The molecule has 0 bridgehead atoms. The van der Waals surface area contributed by atoms with Crippen LogP contribution in [0.5, 0.6) is 11.5 Å². The molecule has 0 radical (unpaired) electrons. The fourth-order valence-electron chi connectivity index (χ4n) is 4.64. The van der Waals surface area contributed by atoms with E-state index in [2.05, 4.69) is 44.3 Å². The van der Waals surface area contributed by atoms with Gasteiger partial charge in [-0.2, -0.15) is 0 Å². The van der Waals surface area contributed by atoms with Crippen LogP contribution < -0.4 is 14.8 Å². The number of hydrogen-bond donors (Lipinski definition) is 1. The lowest BCUT2D eigenvalue weighted by atomic mass is 9.91. The van der Waals surface area contributed by atoms with Gasteiger partial charge in [-0.25, -0.2) is 0 Å². The van der Waals surface area contributed by atoms with Crippen LogP contribution in [-0.4, -0.2) is 12.5 Å². The van der Waals surface area contributed by atoms with Crippen molar-refractivity contribution >= 4 is 5.91 Å². The maximum atomic E-state index is 13.6. The Morgan fingerprint density at radius 3 is 2.65 bits per heavy atom. The van der Waals surface area contributed by atoms with Crippen molar-refractivity contribution in [3.8, 4) is 11.5 Å². The summed E-state index contributed by atoms with van der Waals surface area (Å²) in [5.41, 5.74) is 5.22. The largest absolute Gasteiger partial charge is 0.493 e. The number of aryl methyl sites for hydroxylation is 1. The summed E-state index contributed by atoms with van der Waals surface area (Å²) in [7, 11) is 0. The highest BCUT2D eigenvalue weighted by Crippen LogP contribution is 2.34. The van der Waals surface area contributed by atoms with Crippen LogP contribution in [0.15, 0.2) is 66.7 Å². The Bertz CT molecular complexity index is 1110. The predicted octanol–water partition coefficient (Wildman–Crippen LogP) is 6.67. The van der Waals surface area contributed by atoms with Gasteiger partial charge in [-0.1, -0.05) is 69.7 Å². The molecule has 34 heavy (non-hydrogen) atoms. The molecule has 3 aromatic rings. The molecule has 1 heterocycles. The zero-order valence-corrected chi connectivity index (χ0v) is 20.5. The van der Waals surface area contributed by atoms with Gasteiger partial charge in [0, 0.05) is 17.5 Å². The van der Waals surface area contributed by atoms with Gasteiger partial charge in [0.05, 0.1) is 12.6 Å². The molecule has 1 amide bonds. The normalized spacial score (nSPS) is 13.3. The van der Waals surface area contributed by atoms with Gasteiger partial charge < -0.3 is 14.8 Å². The fraction of sp³-hybridized carbons (Fsp3) is 0.367. The molecule has 0 aliphatic carbocycles. The molecule has 3 aromatic carbocycles. The highest BCUT2D eigenvalue weighted by Gasteiger charge is 2.25. The van der Waals surface area contributed by atoms with Gasteiger partial charge in [0.25, 0.3) is 5.91 Å². The lowest BCUT2D eigenvalue weighted by Gasteiger charge is -2.24. The van der Waals surface area contributed by atoms with E-state index in [1.54, 1.807) is 0 Å². The van der Waals surface area contributed by atoms with Gasteiger partial charge in [-0.05, 0) is 59.7 Å². The highest BCUT2D eigenvalue weighted by molar-refractivity contribution is 5.96. The maximum absolute atomic E-state index is 13.6. The molecule has 1 aliphatic rings. The number of nitrogens with one attached hydrogen (secondary N) is 1. The second-order valence-electron chi connectivity index (χ2n) is 9.42. The average molecular weight is 458 g/mol. The Morgan fingerprint density at radius 2 is 1.88 bits per heavy atom. The zero-order valence-electron chi connectivity index (χ0n) is 20.5. The second kappa shape index (κ2) is 11.2. The van der Waals surface area contributed by atoms with E-state index >= 15 is 0 Å². The Balaban J connectivity index is 1.58. The van der Waals surface area contributed by atoms with E-state index in [4.69, 9.17) is 9.47 Å². The first-order valence-corrected chi connectivity index (χ1v) is 12.4. The number of fused-ring (bicyclic) bond motifs is 1. The van der Waals surface area contributed by atoms with Crippen LogP contribution in [0.3, 0.4) is 0 Å². The molecule has 0 spiro atoms. The standard InChI is InChI=1S/C30H35NO3/c1-4-9-23-15-14-22(20-34-24-10-6-5-7-11-24)19-27(23)30(32)31-28(18-21(2)3)25-12-8-13-29-26(25)16-17-33-29/h5-8,10-15,19,21,28H,4,9,16-18,20H2,1-3H3,(H,31,32). The molecule has 4 nitrogen and oxygen atoms in total. The SMILES string of the molecule is CCCc1ccc(COc2ccccc2)cc1C(=O)NC(CC(C)C)c1cccc2c1CCO2. The number of amides is 1. The number of hydrogen-bond acceptors (Lipinski definition) is 3. The third-order valence-corrected chi connectivity index (χ3v) is 6.25. The van der Waals surface area contributed by atoms with Crippen molar-refractivity contribution in [3.05, 3.63) is 94.5 Å². The van der Waals surface area contributed by atoms with Crippen molar-refractivity contribution < 1.29 is 14.3 Å². The smallest absolute Gasteiger partial charge is 0.252 e. The monoisotopic (exact) mass is 457 g/mol. The minimum Gasteiger partial charge on any atom is -0.493 e. The van der Waals surface area contributed by atoms with E-state index in [1.165, 1.54) is 11.1 Å². The van der Waals surface area contributed by atoms with Crippen LogP contribution in [0.25, 0.3) is 0 Å². The van der Waals surface area contributed by atoms with E-state index in [0.29, 0.717) is 19.1 Å². The first-order valence-electron chi connectivity index (χ1n) is 12.4. The minimum atomic E-state index is -0.0529. The lowest BCUT2D eigenvalue weighted by molar-refractivity contribution is 0.0930. The van der Waals surface area contributed by atoms with Crippen molar-refractivity contribution in [3.63, 3.8) is 0 Å². The van der Waals surface area contributed by atoms with E-state index in [1.807, 2.05) is 48.5 Å². The van der Waals surface area contributed by atoms with Gasteiger partial charge in [0.1, 0.15) is 18.1 Å². The molecule has 178 valence electrons. The van der Waals surface area contributed by atoms with Crippen molar-refractivity contribution in [1.29, 1.82) is 0 Å². The first kappa shape index (κ1) is 23.9. The molecule has 1 unspecified atom stereocenters. The number of para-hydroxylation sites is 1. The van der Waals surface area contributed by atoms with Gasteiger partial charge >= 0.3 is 0 Å². The Morgan fingerprint density at radius 1 is 1.06 bits per heavy atom. The van der Waals surface area contributed by atoms with Gasteiger partial charge in [-0.3, -0.25) is 4.79 Å². The predicted molar refractivity (Wildman–Crippen MR) is 137 cm³/mol. The summed E-state index contributed by atoms with van der Waals surface area (Å²) in [4.78, 5) is 13.6. The molecular formula is C30H35NO3. The van der Waals surface area contributed by atoms with Crippen LogP contribution >= 0.6 is 0 Å². The van der Waals surface area contributed by atoms with Crippen molar-refractivity contribution in [1.82, 2.24) is 5.32 Å². The van der Waals surface area contributed by atoms with Gasteiger partial charge in [0.15, 0.2) is 0 Å². The highest BCUT2D eigenvalue weighted by atomic mass is 16.5. The number of carbonyl (C=O) groups excluding carboxylic acids is 1. The van der Waals surface area contributed by atoms with Crippen molar-refractivity contribution in [2.24, 2.45) is 5.92 Å². The summed E-state index contributed by atoms with van der Waals surface area (Å²) in [6.07, 6.45) is 3.62. The summed E-state index contributed by atoms with van der Waals surface area (Å²) >= 11 is 0. The third-order valence-electron chi connectivity index (χ3n) is 6.25. The van der Waals surface area contributed by atoms with Crippen molar-refractivity contribution in [2.45, 2.75) is 59.1 Å². The molecule has 0 fully saturated rings. The summed E-state index contributed by atoms with van der Waals surface area (Å²) in [6.45, 7) is 7.67. The van der Waals surface area contributed by atoms with Crippen LogP contribution in [-0.2, 0) is 19.4 Å². The molecule has 1 aliphatic heterocycles. The molecular weight excluding hydrogens is 422 g/mol. The Hall–Kier alpha value is -3.27. The summed E-state index contributed by atoms with van der Waals surface area (Å²) < 4.78 is 11.7. The molecule has 0 aromatic heterocycles. The maximum Gasteiger partial charge on any atom is 0.252 e. The van der Waals surface area contributed by atoms with Crippen LogP contribution in [0.2, 0.25) is 0 Å². The summed E-state index contributed by atoms with van der Waals surface area (Å²) in [6, 6.07) is 22.0. The second-order valence-corrected chi connectivity index (χ2v) is 9.42. The van der Waals surface area contributed by atoms with Gasteiger partial charge in [0.2, 0.25) is 0 Å². The van der Waals surface area contributed by atoms with Gasteiger partial charge in [-0.15, -0.1) is 0 Å². The van der Waals surface area contributed by atoms with E-state index in [9.17, 15) is 4.79 Å². The van der Waals surface area contributed by atoms with E-state index < -0.39 is 0 Å². The van der Waals surface area contributed by atoms with E-state index in [-0.39, 0.29) is 11.9 Å². The molecule has 1 atom stereocenters. The molecule has 4 heteroatoms. The number of benzene rings is 3. The number of ether oxygens (including phenoxy) is 2. The molecule has 0 saturated heterocycles.